The SMILES string of the molecule is CC/C=C\C/C=C\C/C=C\C/C=C\CCCCC(=O)OC[C@H](COP(=O)(O)OCC[N+](C)(C)C)OC(=O)CC/C=C\C/C=C\C/C=C\C/C=C\C/C=C\CCCCC. The maximum atomic E-state index is 12.7. The maximum absolute atomic E-state index is 12.7. The lowest BCUT2D eigenvalue weighted by Crippen LogP contribution is -2.37. The summed E-state index contributed by atoms with van der Waals surface area (Å²) in [6, 6.07) is 0. The first-order valence-corrected chi connectivity index (χ1v) is 23.1. The zero-order valence-electron chi connectivity index (χ0n) is 36.7. The van der Waals surface area contributed by atoms with Crippen LogP contribution in [0, 0.1) is 0 Å². The monoisotopic (exact) mass is 829 g/mol. The van der Waals surface area contributed by atoms with Crippen LogP contribution < -0.4 is 0 Å². The van der Waals surface area contributed by atoms with Crippen molar-refractivity contribution in [1.29, 1.82) is 0 Å². The molecule has 10 heteroatoms. The highest BCUT2D eigenvalue weighted by Crippen LogP contribution is 2.43. The predicted molar refractivity (Wildman–Crippen MR) is 242 cm³/mol. The summed E-state index contributed by atoms with van der Waals surface area (Å²) in [5, 5.41) is 0. The third-order valence-electron chi connectivity index (χ3n) is 8.30. The van der Waals surface area contributed by atoms with Crippen molar-refractivity contribution in [3.05, 3.63) is 109 Å². The molecule has 0 rings (SSSR count). The van der Waals surface area contributed by atoms with E-state index in [1.165, 1.54) is 25.7 Å². The van der Waals surface area contributed by atoms with E-state index in [0.717, 1.165) is 64.2 Å². The molecule has 0 radical (unpaired) electrons. The number of allylic oxidation sites excluding steroid dienone is 18. The van der Waals surface area contributed by atoms with Crippen molar-refractivity contribution in [1.82, 2.24) is 0 Å². The molecule has 0 fully saturated rings. The van der Waals surface area contributed by atoms with Crippen LogP contribution in [0.1, 0.15) is 129 Å². The summed E-state index contributed by atoms with van der Waals surface area (Å²) in [4.78, 5) is 35.3. The average Bonchev–Trinajstić information content (AvgIpc) is 3.17. The molecule has 0 heterocycles. The Balaban J connectivity index is 4.60. The molecule has 1 N–H and O–H groups in total. The predicted octanol–water partition coefficient (Wildman–Crippen LogP) is 12.3. The normalized spacial score (nSPS) is 14.7. The van der Waals surface area contributed by atoms with Gasteiger partial charge in [0.15, 0.2) is 6.10 Å². The number of carbonyl (C=O) groups is 2. The molecule has 328 valence electrons. The summed E-state index contributed by atoms with van der Waals surface area (Å²) in [6.45, 7) is 4.11. The lowest BCUT2D eigenvalue weighted by atomic mass is 10.2. The van der Waals surface area contributed by atoms with Crippen LogP contribution in [0.15, 0.2) is 109 Å². The van der Waals surface area contributed by atoms with Gasteiger partial charge in [-0.1, -0.05) is 136 Å². The van der Waals surface area contributed by atoms with Crippen molar-refractivity contribution in [3.63, 3.8) is 0 Å². The minimum absolute atomic E-state index is 0.00498. The molecule has 0 amide bonds. The van der Waals surface area contributed by atoms with Gasteiger partial charge in [0.25, 0.3) is 0 Å². The van der Waals surface area contributed by atoms with Gasteiger partial charge in [-0.05, 0) is 89.9 Å². The zero-order valence-corrected chi connectivity index (χ0v) is 37.6. The topological polar surface area (TPSA) is 108 Å². The largest absolute Gasteiger partial charge is 0.472 e. The molecule has 0 saturated carbocycles. The minimum Gasteiger partial charge on any atom is -0.462 e. The van der Waals surface area contributed by atoms with Gasteiger partial charge in [-0.3, -0.25) is 18.6 Å². The van der Waals surface area contributed by atoms with Gasteiger partial charge >= 0.3 is 19.8 Å². The van der Waals surface area contributed by atoms with Crippen LogP contribution in [-0.4, -0.2) is 74.9 Å². The van der Waals surface area contributed by atoms with E-state index in [-0.39, 0.29) is 26.1 Å². The number of phosphoric acid groups is 1. The van der Waals surface area contributed by atoms with E-state index in [4.69, 9.17) is 18.5 Å². The summed E-state index contributed by atoms with van der Waals surface area (Å²) in [5.74, 6) is -0.957. The first kappa shape index (κ1) is 54.7. The van der Waals surface area contributed by atoms with Crippen LogP contribution in [0.25, 0.3) is 0 Å². The van der Waals surface area contributed by atoms with E-state index in [0.29, 0.717) is 23.9 Å². The molecular weight excluding hydrogens is 750 g/mol. The standard InChI is InChI=1S/C48H78NO8P/c1-6-8-10-12-14-16-18-20-22-23-24-25-27-29-31-33-35-37-39-41-48(51)57-46(45-56-58(52,53)55-43-42-49(3,4)5)44-54-47(50)40-38-36-34-32-30-28-26-21-19-17-15-13-11-9-7-2/h9,11,14-17,20-22,24-26,29-32,35,37,46H,6-8,10,12-13,18-19,23,27-28,33-34,36,38-45H2,1-5H3/p+1/b11-9-,16-14-,17-15-,22-20-,25-24-,26-21-,31-29-,32-30-,37-35-/t46-/m1/s1. The summed E-state index contributed by atoms with van der Waals surface area (Å²) >= 11 is 0. The fraction of sp³-hybridized carbons (Fsp3) is 0.583. The van der Waals surface area contributed by atoms with Gasteiger partial charge in [0, 0.05) is 12.8 Å². The molecule has 2 atom stereocenters. The molecule has 0 aromatic heterocycles. The molecule has 0 spiro atoms. The molecule has 58 heavy (non-hydrogen) atoms. The summed E-state index contributed by atoms with van der Waals surface area (Å²) in [7, 11) is 1.39. The number of unbranched alkanes of at least 4 members (excludes halogenated alkanes) is 5. The van der Waals surface area contributed by atoms with E-state index in [9.17, 15) is 19.0 Å². The second-order valence-corrected chi connectivity index (χ2v) is 16.4. The number of hydrogen-bond acceptors (Lipinski definition) is 7. The molecule has 0 aromatic rings. The summed E-state index contributed by atoms with van der Waals surface area (Å²) in [6.07, 6.45) is 53.0. The van der Waals surface area contributed by atoms with Gasteiger partial charge < -0.3 is 18.9 Å². The smallest absolute Gasteiger partial charge is 0.462 e. The number of ether oxygens (including phenoxy) is 2. The van der Waals surface area contributed by atoms with Crippen molar-refractivity contribution in [2.24, 2.45) is 0 Å². The lowest BCUT2D eigenvalue weighted by molar-refractivity contribution is -0.870. The molecule has 0 saturated heterocycles. The van der Waals surface area contributed by atoms with Crippen LogP contribution in [-0.2, 0) is 32.7 Å². The van der Waals surface area contributed by atoms with Crippen molar-refractivity contribution < 1.29 is 42.1 Å². The van der Waals surface area contributed by atoms with Gasteiger partial charge in [-0.15, -0.1) is 0 Å². The third-order valence-corrected chi connectivity index (χ3v) is 9.28. The highest BCUT2D eigenvalue weighted by molar-refractivity contribution is 7.47. The Hall–Kier alpha value is -3.33. The van der Waals surface area contributed by atoms with Gasteiger partial charge in [-0.25, -0.2) is 4.57 Å². The second-order valence-electron chi connectivity index (χ2n) is 15.0. The van der Waals surface area contributed by atoms with Gasteiger partial charge in [0.2, 0.25) is 0 Å². The Morgan fingerprint density at radius 3 is 1.47 bits per heavy atom. The van der Waals surface area contributed by atoms with E-state index < -0.39 is 32.5 Å². The molecule has 0 bridgehead atoms. The Labute approximate surface area is 353 Å². The van der Waals surface area contributed by atoms with Crippen molar-refractivity contribution in [2.75, 3.05) is 47.5 Å². The number of quaternary nitrogens is 1. The fourth-order valence-corrected chi connectivity index (χ4v) is 5.67. The van der Waals surface area contributed by atoms with Crippen LogP contribution in [0.2, 0.25) is 0 Å². The lowest BCUT2D eigenvalue weighted by Gasteiger charge is -2.24. The molecule has 0 aromatic carbocycles. The van der Waals surface area contributed by atoms with Gasteiger partial charge in [0.1, 0.15) is 19.8 Å². The van der Waals surface area contributed by atoms with Crippen molar-refractivity contribution in [3.8, 4) is 0 Å². The third kappa shape index (κ3) is 42.3. The van der Waals surface area contributed by atoms with Gasteiger partial charge in [-0.2, -0.15) is 0 Å². The van der Waals surface area contributed by atoms with Crippen LogP contribution in [0.4, 0.5) is 0 Å². The number of rotatable bonds is 37. The Morgan fingerprint density at radius 2 is 1.00 bits per heavy atom. The fourth-order valence-electron chi connectivity index (χ4n) is 4.93. The summed E-state index contributed by atoms with van der Waals surface area (Å²) in [5.41, 5.74) is 0. The van der Waals surface area contributed by atoms with Crippen molar-refractivity contribution >= 4 is 19.8 Å². The quantitative estimate of drug-likeness (QED) is 0.0217. The number of hydrogen-bond donors (Lipinski definition) is 1. The first-order valence-electron chi connectivity index (χ1n) is 21.6. The first-order chi connectivity index (χ1) is 28.0. The minimum atomic E-state index is -4.41. The molecule has 1 unspecified atom stereocenters. The molecule has 9 nitrogen and oxygen atoms in total. The van der Waals surface area contributed by atoms with Crippen LogP contribution in [0.5, 0.6) is 0 Å². The summed E-state index contributed by atoms with van der Waals surface area (Å²) < 4.78 is 34.1. The maximum Gasteiger partial charge on any atom is 0.472 e. The highest BCUT2D eigenvalue weighted by atomic mass is 31.2. The number of nitrogens with zero attached hydrogens (tertiary/aromatic N) is 1. The molecule has 0 aliphatic carbocycles. The highest BCUT2D eigenvalue weighted by Gasteiger charge is 2.27. The average molecular weight is 829 g/mol. The Bertz CT molecular complexity index is 1350. The Kier molecular flexibility index (Phi) is 36.9. The van der Waals surface area contributed by atoms with Crippen molar-refractivity contribution in [2.45, 2.75) is 136 Å². The van der Waals surface area contributed by atoms with Crippen LogP contribution >= 0.6 is 7.82 Å². The number of phosphoric ester groups is 1. The second kappa shape index (κ2) is 39.1. The van der Waals surface area contributed by atoms with E-state index in [2.05, 4.69) is 111 Å². The molecule has 0 aliphatic rings. The Morgan fingerprint density at radius 1 is 0.552 bits per heavy atom. The zero-order chi connectivity index (χ0) is 42.8. The number of esters is 2. The number of carbonyl (C=O) groups excluding carboxylic acids is 2. The van der Waals surface area contributed by atoms with E-state index >= 15 is 0 Å². The van der Waals surface area contributed by atoms with E-state index in [1.54, 1.807) is 0 Å². The van der Waals surface area contributed by atoms with Crippen LogP contribution in [0.3, 0.4) is 0 Å². The number of likely N-dealkylation sites (N-methyl/N-ethyl adjacent to an activating group) is 1. The van der Waals surface area contributed by atoms with E-state index in [1.807, 2.05) is 33.3 Å². The molecular formula is C48H79NO8P+. The van der Waals surface area contributed by atoms with Gasteiger partial charge in [0.05, 0.1) is 27.7 Å². The molecule has 0 aliphatic heterocycles.